The van der Waals surface area contributed by atoms with E-state index in [1.807, 2.05) is 88.6 Å². The SMILES string of the molecule is CSc1ccc(C2C(C(=O)OCC(C)C)=C(C)N=c3sc(=Cc4ccc(C)cc4)c(=O)n32)cc1. The second kappa shape index (κ2) is 10.2. The first-order chi connectivity index (χ1) is 16.3. The van der Waals surface area contributed by atoms with E-state index in [4.69, 9.17) is 4.74 Å². The lowest BCUT2D eigenvalue weighted by Crippen LogP contribution is -2.40. The van der Waals surface area contributed by atoms with Gasteiger partial charge < -0.3 is 4.74 Å². The molecule has 5 nitrogen and oxygen atoms in total. The molecule has 1 aliphatic rings. The minimum absolute atomic E-state index is 0.162. The largest absolute Gasteiger partial charge is 0.462 e. The van der Waals surface area contributed by atoms with Crippen molar-refractivity contribution in [2.75, 3.05) is 12.9 Å². The molecule has 2 aromatic carbocycles. The van der Waals surface area contributed by atoms with Crippen molar-refractivity contribution in [3.05, 3.63) is 96.2 Å². The van der Waals surface area contributed by atoms with Crippen LogP contribution in [0.2, 0.25) is 0 Å². The summed E-state index contributed by atoms with van der Waals surface area (Å²) < 4.78 is 7.82. The summed E-state index contributed by atoms with van der Waals surface area (Å²) in [5.41, 5.74) is 3.79. The Morgan fingerprint density at radius 2 is 1.82 bits per heavy atom. The zero-order valence-corrected chi connectivity index (χ0v) is 21.6. The molecule has 1 aliphatic heterocycles. The van der Waals surface area contributed by atoms with Crippen molar-refractivity contribution < 1.29 is 9.53 Å². The monoisotopic (exact) mass is 492 g/mol. The summed E-state index contributed by atoms with van der Waals surface area (Å²) in [4.78, 5) is 33.2. The molecule has 0 radical (unpaired) electrons. The molecule has 1 atom stereocenters. The van der Waals surface area contributed by atoms with Gasteiger partial charge in [0.25, 0.3) is 5.56 Å². The van der Waals surface area contributed by atoms with E-state index in [1.165, 1.54) is 11.3 Å². The van der Waals surface area contributed by atoms with Crippen LogP contribution < -0.4 is 14.9 Å². The smallest absolute Gasteiger partial charge is 0.338 e. The van der Waals surface area contributed by atoms with Gasteiger partial charge >= 0.3 is 5.97 Å². The fraction of sp³-hybridized carbons (Fsp3) is 0.296. The van der Waals surface area contributed by atoms with Gasteiger partial charge in [0.2, 0.25) is 0 Å². The third kappa shape index (κ3) is 4.95. The third-order valence-electron chi connectivity index (χ3n) is 5.60. The molecule has 3 aromatic rings. The highest BCUT2D eigenvalue weighted by Gasteiger charge is 2.33. The second-order valence-corrected chi connectivity index (χ2v) is 10.6. The molecule has 0 bridgehead atoms. The van der Waals surface area contributed by atoms with Crippen molar-refractivity contribution in [2.45, 2.75) is 38.6 Å². The van der Waals surface area contributed by atoms with Gasteiger partial charge in [0.05, 0.1) is 28.5 Å². The van der Waals surface area contributed by atoms with Crippen LogP contribution in [0.15, 0.2) is 74.5 Å². The van der Waals surface area contributed by atoms with Crippen molar-refractivity contribution in [2.24, 2.45) is 10.9 Å². The van der Waals surface area contributed by atoms with E-state index < -0.39 is 12.0 Å². The number of allylic oxidation sites excluding steroid dienone is 1. The number of aryl methyl sites for hydroxylation is 1. The molecule has 0 spiro atoms. The van der Waals surface area contributed by atoms with Crippen molar-refractivity contribution in [1.82, 2.24) is 4.57 Å². The minimum atomic E-state index is -0.591. The van der Waals surface area contributed by atoms with Crippen LogP contribution in [0, 0.1) is 12.8 Å². The summed E-state index contributed by atoms with van der Waals surface area (Å²) in [7, 11) is 0. The number of fused-ring (bicyclic) bond motifs is 1. The van der Waals surface area contributed by atoms with E-state index in [2.05, 4.69) is 4.99 Å². The van der Waals surface area contributed by atoms with Gasteiger partial charge in [-0.3, -0.25) is 9.36 Å². The Labute approximate surface area is 207 Å². The highest BCUT2D eigenvalue weighted by molar-refractivity contribution is 7.98. The van der Waals surface area contributed by atoms with Gasteiger partial charge in [-0.2, -0.15) is 0 Å². The summed E-state index contributed by atoms with van der Waals surface area (Å²) in [5, 5.41) is 0. The predicted molar refractivity (Wildman–Crippen MR) is 139 cm³/mol. The highest BCUT2D eigenvalue weighted by atomic mass is 32.2. The van der Waals surface area contributed by atoms with Crippen LogP contribution in [0.4, 0.5) is 0 Å². The third-order valence-corrected chi connectivity index (χ3v) is 7.32. The summed E-state index contributed by atoms with van der Waals surface area (Å²) in [6, 6.07) is 15.4. The molecule has 1 unspecified atom stereocenters. The molecule has 0 saturated heterocycles. The van der Waals surface area contributed by atoms with Crippen molar-refractivity contribution in [1.29, 1.82) is 0 Å². The summed E-state index contributed by atoms with van der Waals surface area (Å²) >= 11 is 2.99. The molecule has 4 rings (SSSR count). The van der Waals surface area contributed by atoms with Crippen LogP contribution in [0.3, 0.4) is 0 Å². The van der Waals surface area contributed by atoms with Crippen LogP contribution in [0.5, 0.6) is 0 Å². The van der Waals surface area contributed by atoms with E-state index in [1.54, 1.807) is 16.3 Å². The number of thioether (sulfide) groups is 1. The van der Waals surface area contributed by atoms with Gasteiger partial charge in [-0.15, -0.1) is 11.8 Å². The molecule has 1 aromatic heterocycles. The molecule has 7 heteroatoms. The average Bonchev–Trinajstić information content (AvgIpc) is 3.12. The lowest BCUT2D eigenvalue weighted by atomic mass is 9.96. The van der Waals surface area contributed by atoms with Crippen LogP contribution in [-0.2, 0) is 9.53 Å². The Morgan fingerprint density at radius 3 is 2.44 bits per heavy atom. The molecule has 0 amide bonds. The van der Waals surface area contributed by atoms with Crippen LogP contribution in [0.1, 0.15) is 43.5 Å². The molecule has 34 heavy (non-hydrogen) atoms. The number of carbonyl (C=O) groups excluding carboxylic acids is 1. The summed E-state index contributed by atoms with van der Waals surface area (Å²) in [5.74, 6) is -0.221. The Morgan fingerprint density at radius 1 is 1.15 bits per heavy atom. The van der Waals surface area contributed by atoms with Gasteiger partial charge in [-0.25, -0.2) is 9.79 Å². The maximum Gasteiger partial charge on any atom is 0.338 e. The first kappa shape index (κ1) is 24.2. The zero-order chi connectivity index (χ0) is 24.4. The summed E-state index contributed by atoms with van der Waals surface area (Å²) in [6.45, 7) is 8.14. The molecular weight excluding hydrogens is 464 g/mol. The van der Waals surface area contributed by atoms with Gasteiger partial charge in [-0.1, -0.05) is 67.1 Å². The molecule has 2 heterocycles. The van der Waals surface area contributed by atoms with E-state index >= 15 is 0 Å². The predicted octanol–water partition coefficient (Wildman–Crippen LogP) is 4.46. The maximum absolute atomic E-state index is 13.6. The number of rotatable bonds is 6. The van der Waals surface area contributed by atoms with Crippen molar-refractivity contribution in [3.8, 4) is 0 Å². The number of hydrogen-bond donors (Lipinski definition) is 0. The lowest BCUT2D eigenvalue weighted by Gasteiger charge is -2.25. The van der Waals surface area contributed by atoms with E-state index in [0.717, 1.165) is 21.6 Å². The first-order valence-electron chi connectivity index (χ1n) is 11.2. The van der Waals surface area contributed by atoms with E-state index in [9.17, 15) is 9.59 Å². The number of ether oxygens (including phenoxy) is 1. The molecule has 0 saturated carbocycles. The van der Waals surface area contributed by atoms with Crippen molar-refractivity contribution in [3.63, 3.8) is 0 Å². The number of nitrogens with zero attached hydrogens (tertiary/aromatic N) is 2. The van der Waals surface area contributed by atoms with Crippen LogP contribution in [0.25, 0.3) is 6.08 Å². The van der Waals surface area contributed by atoms with Crippen LogP contribution >= 0.6 is 23.1 Å². The second-order valence-electron chi connectivity index (χ2n) is 8.76. The highest BCUT2D eigenvalue weighted by Crippen LogP contribution is 2.31. The number of hydrogen-bond acceptors (Lipinski definition) is 6. The Balaban J connectivity index is 1.89. The quantitative estimate of drug-likeness (QED) is 0.376. The number of thiazole rings is 1. The number of esters is 1. The van der Waals surface area contributed by atoms with E-state index in [-0.39, 0.29) is 11.5 Å². The molecule has 0 fully saturated rings. The van der Waals surface area contributed by atoms with Gasteiger partial charge in [-0.05, 0) is 55.4 Å². The maximum atomic E-state index is 13.6. The standard InChI is InChI=1S/C27H28N2O3S2/c1-16(2)15-32-26(31)23-18(4)28-27-29(24(23)20-10-12-21(33-5)13-11-20)25(30)22(34-27)14-19-8-6-17(3)7-9-19/h6-14,16,24H,15H2,1-5H3. The fourth-order valence-corrected chi connectivity index (χ4v) is 5.27. The topological polar surface area (TPSA) is 60.7 Å². The molecule has 0 N–H and O–H groups in total. The fourth-order valence-electron chi connectivity index (χ4n) is 3.82. The molecular formula is C27H28N2O3S2. The molecule has 0 aliphatic carbocycles. The zero-order valence-electron chi connectivity index (χ0n) is 20.0. The first-order valence-corrected chi connectivity index (χ1v) is 13.2. The average molecular weight is 493 g/mol. The Bertz CT molecular complexity index is 1410. The summed E-state index contributed by atoms with van der Waals surface area (Å²) in [6.07, 6.45) is 3.90. The number of carbonyl (C=O) groups is 1. The van der Waals surface area contributed by atoms with Gasteiger partial charge in [0.15, 0.2) is 4.80 Å². The van der Waals surface area contributed by atoms with E-state index in [0.29, 0.717) is 27.2 Å². The normalized spacial score (nSPS) is 15.9. The molecule has 176 valence electrons. The minimum Gasteiger partial charge on any atom is -0.462 e. The van der Waals surface area contributed by atoms with Crippen LogP contribution in [-0.4, -0.2) is 23.4 Å². The Kier molecular flexibility index (Phi) is 7.24. The van der Waals surface area contributed by atoms with Gasteiger partial charge in [0.1, 0.15) is 0 Å². The number of benzene rings is 2. The Hall–Kier alpha value is -2.90. The van der Waals surface area contributed by atoms with Crippen molar-refractivity contribution >= 4 is 35.1 Å². The lowest BCUT2D eigenvalue weighted by molar-refractivity contribution is -0.140. The number of aromatic nitrogens is 1. The van der Waals surface area contributed by atoms with Gasteiger partial charge in [0, 0.05) is 4.90 Å².